The number of hydrogen-bond acceptors (Lipinski definition) is 2. The number of halogens is 1. The molecule has 0 saturated heterocycles. The van der Waals surface area contributed by atoms with Crippen molar-refractivity contribution < 1.29 is 0 Å². The normalized spacial score (nSPS) is 23.4. The van der Waals surface area contributed by atoms with Gasteiger partial charge in [0.2, 0.25) is 0 Å². The number of rotatable bonds is 6. The van der Waals surface area contributed by atoms with E-state index in [4.69, 9.17) is 21.6 Å². The van der Waals surface area contributed by atoms with Crippen LogP contribution in [0.15, 0.2) is 28.2 Å². The van der Waals surface area contributed by atoms with Gasteiger partial charge in [-0.1, -0.05) is 88.7 Å². The van der Waals surface area contributed by atoms with Gasteiger partial charge in [-0.05, 0) is 69.6 Å². The second-order valence-electron chi connectivity index (χ2n) is 12.4. The van der Waals surface area contributed by atoms with Gasteiger partial charge < -0.3 is 21.3 Å². The fraction of sp³-hybridized carbons (Fsp3) is 0.750. The van der Waals surface area contributed by atoms with Crippen LogP contribution in [0.25, 0.3) is 0 Å². The standard InChI is InChI=1S/C32H51ClN6/c33-29-22-21-28(38-31(34-24-13-5-1-6-14-24)35-25-15-7-2-8-16-25)23-30(29)39-32(36-26-17-9-3-10-18-26)37-27-19-11-4-12-20-27/h21-27H,1-20H2,(H2,34,35,38)(H2,36,37,39). The summed E-state index contributed by atoms with van der Waals surface area (Å²) in [5.74, 6) is 1.82. The molecule has 4 saturated carbocycles. The molecule has 0 spiro atoms. The van der Waals surface area contributed by atoms with Crippen LogP contribution in [0.4, 0.5) is 11.4 Å². The second-order valence-corrected chi connectivity index (χ2v) is 12.8. The van der Waals surface area contributed by atoms with Gasteiger partial charge in [0, 0.05) is 17.8 Å². The first-order valence-corrected chi connectivity index (χ1v) is 16.6. The molecule has 0 atom stereocenters. The highest BCUT2D eigenvalue weighted by atomic mass is 35.5. The summed E-state index contributed by atoms with van der Waals surface area (Å²) in [6, 6.07) is 7.99. The molecule has 0 aromatic heterocycles. The molecule has 0 heterocycles. The Bertz CT molecular complexity index is 938. The highest BCUT2D eigenvalue weighted by Gasteiger charge is 2.20. The zero-order valence-corrected chi connectivity index (χ0v) is 24.7. The monoisotopic (exact) mass is 554 g/mol. The van der Waals surface area contributed by atoms with Gasteiger partial charge >= 0.3 is 0 Å². The third-order valence-corrected chi connectivity index (χ3v) is 9.48. The van der Waals surface area contributed by atoms with E-state index in [0.717, 1.165) is 23.3 Å². The topological polar surface area (TPSA) is 72.8 Å². The Morgan fingerprint density at radius 2 is 1.00 bits per heavy atom. The number of aliphatic imine (C=N–C) groups is 2. The number of hydrogen-bond donors (Lipinski definition) is 4. The van der Waals surface area contributed by atoms with Crippen LogP contribution in [0.2, 0.25) is 5.02 Å². The first kappa shape index (κ1) is 28.6. The summed E-state index contributed by atoms with van der Waals surface area (Å²) < 4.78 is 0. The Kier molecular flexibility index (Phi) is 11.1. The lowest BCUT2D eigenvalue weighted by molar-refractivity contribution is 0.408. The quantitative estimate of drug-likeness (QED) is 0.210. The van der Waals surface area contributed by atoms with Crippen LogP contribution in [-0.2, 0) is 0 Å². The van der Waals surface area contributed by atoms with Crippen molar-refractivity contribution >= 4 is 34.9 Å². The van der Waals surface area contributed by atoms with Gasteiger partial charge in [0.1, 0.15) is 0 Å². The van der Waals surface area contributed by atoms with Crippen molar-refractivity contribution in [3.63, 3.8) is 0 Å². The minimum absolute atomic E-state index is 0.395. The van der Waals surface area contributed by atoms with E-state index < -0.39 is 0 Å². The molecule has 0 radical (unpaired) electrons. The molecular weight excluding hydrogens is 504 g/mol. The second kappa shape index (κ2) is 15.2. The lowest BCUT2D eigenvalue weighted by Gasteiger charge is -2.28. The van der Waals surface area contributed by atoms with E-state index in [9.17, 15) is 0 Å². The Morgan fingerprint density at radius 3 is 1.49 bits per heavy atom. The largest absolute Gasteiger partial charge is 0.353 e. The highest BCUT2D eigenvalue weighted by Crippen LogP contribution is 2.28. The summed E-state index contributed by atoms with van der Waals surface area (Å²) in [6.07, 6.45) is 25.4. The van der Waals surface area contributed by atoms with Crippen molar-refractivity contribution in [2.24, 2.45) is 9.98 Å². The number of nitrogens with one attached hydrogen (secondary N) is 4. The smallest absolute Gasteiger partial charge is 0.196 e. The van der Waals surface area contributed by atoms with Crippen LogP contribution in [0.3, 0.4) is 0 Å². The summed E-state index contributed by atoms with van der Waals surface area (Å²) >= 11 is 6.75. The minimum Gasteiger partial charge on any atom is -0.353 e. The van der Waals surface area contributed by atoms with Crippen molar-refractivity contribution in [1.29, 1.82) is 0 Å². The molecule has 1 aromatic carbocycles. The molecule has 4 N–H and O–H groups in total. The van der Waals surface area contributed by atoms with Crippen LogP contribution in [0.1, 0.15) is 128 Å². The van der Waals surface area contributed by atoms with Crippen molar-refractivity contribution in [3.05, 3.63) is 23.2 Å². The molecular formula is C32H51ClN6. The van der Waals surface area contributed by atoms with Crippen LogP contribution in [0.5, 0.6) is 0 Å². The van der Waals surface area contributed by atoms with Gasteiger partial charge in [-0.2, -0.15) is 0 Å². The van der Waals surface area contributed by atoms with Gasteiger partial charge in [0.15, 0.2) is 11.9 Å². The lowest BCUT2D eigenvalue weighted by Crippen LogP contribution is -2.41. The highest BCUT2D eigenvalue weighted by molar-refractivity contribution is 6.34. The van der Waals surface area contributed by atoms with E-state index in [0.29, 0.717) is 29.2 Å². The summed E-state index contributed by atoms with van der Waals surface area (Å²) in [5, 5.41) is 15.6. The average Bonchev–Trinajstić information content (AvgIpc) is 2.97. The molecule has 6 nitrogen and oxygen atoms in total. The van der Waals surface area contributed by atoms with Gasteiger partial charge in [-0.15, -0.1) is 0 Å². The fourth-order valence-electron chi connectivity index (χ4n) is 6.84. The maximum atomic E-state index is 6.75. The first-order chi connectivity index (χ1) is 19.2. The molecule has 39 heavy (non-hydrogen) atoms. The molecule has 0 amide bonds. The average molecular weight is 555 g/mol. The fourth-order valence-corrected chi connectivity index (χ4v) is 7.01. The van der Waals surface area contributed by atoms with E-state index in [1.165, 1.54) is 128 Å². The first-order valence-electron chi connectivity index (χ1n) is 16.2. The zero-order valence-electron chi connectivity index (χ0n) is 24.0. The van der Waals surface area contributed by atoms with E-state index in [1.54, 1.807) is 0 Å². The van der Waals surface area contributed by atoms with E-state index in [1.807, 2.05) is 6.07 Å². The van der Waals surface area contributed by atoms with Gasteiger partial charge in [0.05, 0.1) is 22.8 Å². The number of guanidine groups is 2. The van der Waals surface area contributed by atoms with Gasteiger partial charge in [0.25, 0.3) is 0 Å². The third kappa shape index (κ3) is 9.30. The number of nitrogens with zero attached hydrogens (tertiary/aromatic N) is 2. The summed E-state index contributed by atoms with van der Waals surface area (Å²) in [6.45, 7) is 0. The van der Waals surface area contributed by atoms with Crippen molar-refractivity contribution in [3.8, 4) is 0 Å². The lowest BCUT2D eigenvalue weighted by atomic mass is 9.95. The molecule has 1 aromatic rings. The van der Waals surface area contributed by atoms with E-state index in [2.05, 4.69) is 33.4 Å². The molecule has 216 valence electrons. The Labute approximate surface area is 241 Å². The van der Waals surface area contributed by atoms with Crippen LogP contribution in [0, 0.1) is 0 Å². The molecule has 0 unspecified atom stereocenters. The molecule has 0 aliphatic heterocycles. The minimum atomic E-state index is 0.395. The van der Waals surface area contributed by atoms with Crippen LogP contribution >= 0.6 is 11.6 Å². The predicted octanol–water partition coefficient (Wildman–Crippen LogP) is 8.39. The molecule has 4 fully saturated rings. The molecule has 0 bridgehead atoms. The van der Waals surface area contributed by atoms with Crippen molar-refractivity contribution in [1.82, 2.24) is 10.6 Å². The SMILES string of the molecule is Clc1ccc(NC(=NC2CCCCC2)NC2CCCCC2)cc1NC(=NC1CCCCC1)NC1CCCCC1. The molecule has 7 heteroatoms. The summed E-state index contributed by atoms with van der Waals surface area (Å²) in [4.78, 5) is 10.4. The third-order valence-electron chi connectivity index (χ3n) is 9.15. The Hall–Kier alpha value is -1.95. The summed E-state index contributed by atoms with van der Waals surface area (Å²) in [7, 11) is 0. The maximum absolute atomic E-state index is 6.75. The summed E-state index contributed by atoms with van der Waals surface area (Å²) in [5.41, 5.74) is 1.91. The van der Waals surface area contributed by atoms with Crippen LogP contribution < -0.4 is 21.3 Å². The number of benzene rings is 1. The molecule has 5 rings (SSSR count). The van der Waals surface area contributed by atoms with Crippen molar-refractivity contribution in [2.45, 2.75) is 153 Å². The predicted molar refractivity (Wildman–Crippen MR) is 167 cm³/mol. The zero-order chi connectivity index (χ0) is 26.7. The van der Waals surface area contributed by atoms with E-state index in [-0.39, 0.29) is 0 Å². The maximum Gasteiger partial charge on any atom is 0.196 e. The van der Waals surface area contributed by atoms with E-state index >= 15 is 0 Å². The van der Waals surface area contributed by atoms with Crippen LogP contribution in [-0.4, -0.2) is 36.1 Å². The Balaban J connectivity index is 1.32. The molecule has 4 aliphatic rings. The Morgan fingerprint density at radius 1 is 0.564 bits per heavy atom. The van der Waals surface area contributed by atoms with Gasteiger partial charge in [-0.25, -0.2) is 9.98 Å². The van der Waals surface area contributed by atoms with Crippen molar-refractivity contribution in [2.75, 3.05) is 10.6 Å². The molecule has 4 aliphatic carbocycles. The number of anilines is 2. The van der Waals surface area contributed by atoms with Gasteiger partial charge in [-0.3, -0.25) is 0 Å².